The number of rotatable bonds is 3. The van der Waals surface area contributed by atoms with Crippen molar-refractivity contribution in [2.24, 2.45) is 0 Å². The zero-order valence-corrected chi connectivity index (χ0v) is 16.9. The standard InChI is InChI=1S/C21H17Cl2N5O/c22-18-12-17(7-6-15(18)13-24)26-8-10-27(11-9-26)19-14-25-28(21(29)20(19)23)16-4-2-1-3-5-16/h1-7,12,14H,8-11H2. The molecule has 0 saturated carbocycles. The quantitative estimate of drug-likeness (QED) is 0.639. The first-order valence-corrected chi connectivity index (χ1v) is 9.87. The van der Waals surface area contributed by atoms with Crippen molar-refractivity contribution >= 4 is 34.6 Å². The van der Waals surface area contributed by atoms with Crippen molar-refractivity contribution in [3.63, 3.8) is 0 Å². The molecule has 3 aromatic rings. The van der Waals surface area contributed by atoms with E-state index in [1.165, 1.54) is 4.68 Å². The number of benzene rings is 2. The summed E-state index contributed by atoms with van der Waals surface area (Å²) in [5, 5.41) is 13.9. The number of aromatic nitrogens is 2. The van der Waals surface area contributed by atoms with E-state index in [1.54, 1.807) is 12.3 Å². The molecule has 6 nitrogen and oxygen atoms in total. The van der Waals surface area contributed by atoms with Crippen LogP contribution >= 0.6 is 23.2 Å². The molecule has 1 fully saturated rings. The van der Waals surface area contributed by atoms with Crippen LogP contribution in [0.5, 0.6) is 0 Å². The minimum Gasteiger partial charge on any atom is -0.368 e. The summed E-state index contributed by atoms with van der Waals surface area (Å²) in [5.74, 6) is 0. The molecule has 0 spiro atoms. The number of hydrogen-bond acceptors (Lipinski definition) is 5. The first-order chi connectivity index (χ1) is 14.1. The van der Waals surface area contributed by atoms with Gasteiger partial charge in [0.25, 0.3) is 5.56 Å². The van der Waals surface area contributed by atoms with E-state index in [0.29, 0.717) is 35.1 Å². The van der Waals surface area contributed by atoms with E-state index in [0.717, 1.165) is 18.8 Å². The van der Waals surface area contributed by atoms with Gasteiger partial charge in [0.05, 0.1) is 28.2 Å². The first-order valence-electron chi connectivity index (χ1n) is 9.11. The van der Waals surface area contributed by atoms with Gasteiger partial charge in [0.2, 0.25) is 0 Å². The number of anilines is 2. The fourth-order valence-electron chi connectivity index (χ4n) is 3.39. The molecule has 2 heterocycles. The van der Waals surface area contributed by atoms with Crippen molar-refractivity contribution in [3.05, 3.63) is 80.7 Å². The summed E-state index contributed by atoms with van der Waals surface area (Å²) in [6.07, 6.45) is 1.64. The molecule has 0 radical (unpaired) electrons. The Morgan fingerprint density at radius 3 is 2.28 bits per heavy atom. The van der Waals surface area contributed by atoms with Gasteiger partial charge >= 0.3 is 0 Å². The average Bonchev–Trinajstić information content (AvgIpc) is 2.76. The molecule has 1 aliphatic heterocycles. The Morgan fingerprint density at radius 2 is 1.62 bits per heavy atom. The van der Waals surface area contributed by atoms with E-state index in [2.05, 4.69) is 21.0 Å². The van der Waals surface area contributed by atoms with Crippen molar-refractivity contribution < 1.29 is 0 Å². The van der Waals surface area contributed by atoms with Gasteiger partial charge in [-0.25, -0.2) is 0 Å². The molecule has 146 valence electrons. The summed E-state index contributed by atoms with van der Waals surface area (Å²) in [6, 6.07) is 16.7. The average molecular weight is 426 g/mol. The molecule has 0 bridgehead atoms. The van der Waals surface area contributed by atoms with Crippen LogP contribution in [0.25, 0.3) is 5.69 Å². The van der Waals surface area contributed by atoms with E-state index in [1.807, 2.05) is 42.5 Å². The van der Waals surface area contributed by atoms with E-state index >= 15 is 0 Å². The molecule has 0 amide bonds. The lowest BCUT2D eigenvalue weighted by atomic mass is 10.2. The number of hydrogen-bond donors (Lipinski definition) is 0. The van der Waals surface area contributed by atoms with E-state index in [4.69, 9.17) is 28.5 Å². The molecule has 29 heavy (non-hydrogen) atoms. The van der Waals surface area contributed by atoms with Gasteiger partial charge in [-0.1, -0.05) is 41.4 Å². The van der Waals surface area contributed by atoms with Gasteiger partial charge in [0.1, 0.15) is 11.1 Å². The smallest absolute Gasteiger partial charge is 0.292 e. The Balaban J connectivity index is 1.52. The van der Waals surface area contributed by atoms with Gasteiger partial charge in [-0.3, -0.25) is 4.79 Å². The van der Waals surface area contributed by atoms with E-state index in [9.17, 15) is 4.79 Å². The topological polar surface area (TPSA) is 65.2 Å². The van der Waals surface area contributed by atoms with Crippen LogP contribution in [0.4, 0.5) is 11.4 Å². The van der Waals surface area contributed by atoms with Crippen LogP contribution in [0, 0.1) is 11.3 Å². The maximum atomic E-state index is 12.7. The van der Waals surface area contributed by atoms with Crippen LogP contribution in [-0.4, -0.2) is 36.0 Å². The first kappa shape index (κ1) is 19.3. The van der Waals surface area contributed by atoms with Crippen molar-refractivity contribution in [1.82, 2.24) is 9.78 Å². The van der Waals surface area contributed by atoms with Crippen LogP contribution in [-0.2, 0) is 0 Å². The van der Waals surface area contributed by atoms with E-state index in [-0.39, 0.29) is 10.6 Å². The second-order valence-corrected chi connectivity index (χ2v) is 7.43. The molecular formula is C21H17Cl2N5O. The number of nitrogens with zero attached hydrogens (tertiary/aromatic N) is 5. The number of piperazine rings is 1. The summed E-state index contributed by atoms with van der Waals surface area (Å²) in [4.78, 5) is 17.0. The summed E-state index contributed by atoms with van der Waals surface area (Å²) in [6.45, 7) is 2.85. The number of halogens is 2. The third-order valence-electron chi connectivity index (χ3n) is 4.96. The van der Waals surface area contributed by atoms with Crippen LogP contribution in [0.1, 0.15) is 5.56 Å². The minimum atomic E-state index is -0.336. The van der Waals surface area contributed by atoms with Crippen molar-refractivity contribution in [3.8, 4) is 11.8 Å². The third kappa shape index (κ3) is 3.80. The summed E-state index contributed by atoms with van der Waals surface area (Å²) >= 11 is 12.6. The Labute approximate surface area is 178 Å². The van der Waals surface area contributed by atoms with Crippen molar-refractivity contribution in [1.29, 1.82) is 5.26 Å². The van der Waals surface area contributed by atoms with Crippen LogP contribution in [0.15, 0.2) is 59.5 Å². The van der Waals surface area contributed by atoms with E-state index < -0.39 is 0 Å². The lowest BCUT2D eigenvalue weighted by Gasteiger charge is -2.37. The van der Waals surface area contributed by atoms with Crippen molar-refractivity contribution in [2.75, 3.05) is 36.0 Å². The van der Waals surface area contributed by atoms with Gasteiger partial charge in [-0.15, -0.1) is 0 Å². The number of para-hydroxylation sites is 1. The summed E-state index contributed by atoms with van der Waals surface area (Å²) in [7, 11) is 0. The maximum Gasteiger partial charge on any atom is 0.292 e. The Kier molecular flexibility index (Phi) is 5.43. The third-order valence-corrected chi connectivity index (χ3v) is 5.63. The molecule has 0 aliphatic carbocycles. The van der Waals surface area contributed by atoms with Crippen molar-refractivity contribution in [2.45, 2.75) is 0 Å². The lowest BCUT2D eigenvalue weighted by molar-refractivity contribution is 0.649. The Hall–Kier alpha value is -3.01. The molecule has 0 N–H and O–H groups in total. The highest BCUT2D eigenvalue weighted by molar-refractivity contribution is 6.33. The van der Waals surface area contributed by atoms with Gasteiger partial charge in [0, 0.05) is 31.9 Å². The Bertz CT molecular complexity index is 1130. The fraction of sp³-hybridized carbons (Fsp3) is 0.190. The fourth-order valence-corrected chi connectivity index (χ4v) is 3.86. The Morgan fingerprint density at radius 1 is 0.931 bits per heavy atom. The highest BCUT2D eigenvalue weighted by Gasteiger charge is 2.22. The van der Waals surface area contributed by atoms with Gasteiger partial charge in [0.15, 0.2) is 0 Å². The second-order valence-electron chi connectivity index (χ2n) is 6.65. The second kappa shape index (κ2) is 8.16. The largest absolute Gasteiger partial charge is 0.368 e. The van der Waals surface area contributed by atoms with Gasteiger partial charge in [-0.05, 0) is 30.3 Å². The molecular weight excluding hydrogens is 409 g/mol. The molecule has 0 atom stereocenters. The van der Waals surface area contributed by atoms with Gasteiger partial charge in [-0.2, -0.15) is 15.0 Å². The zero-order chi connectivity index (χ0) is 20.4. The molecule has 1 aliphatic rings. The molecule has 1 saturated heterocycles. The molecule has 2 aromatic carbocycles. The maximum absolute atomic E-state index is 12.7. The molecule has 0 unspecified atom stereocenters. The number of nitriles is 1. The van der Waals surface area contributed by atoms with Crippen LogP contribution in [0.2, 0.25) is 10.0 Å². The highest BCUT2D eigenvalue weighted by atomic mass is 35.5. The zero-order valence-electron chi connectivity index (χ0n) is 15.4. The van der Waals surface area contributed by atoms with Crippen LogP contribution < -0.4 is 15.4 Å². The monoisotopic (exact) mass is 425 g/mol. The molecule has 4 rings (SSSR count). The summed E-state index contributed by atoms with van der Waals surface area (Å²) in [5.41, 5.74) is 2.41. The predicted octanol–water partition coefficient (Wildman–Crippen LogP) is 3.74. The summed E-state index contributed by atoms with van der Waals surface area (Å²) < 4.78 is 1.31. The lowest BCUT2D eigenvalue weighted by Crippen LogP contribution is -2.47. The van der Waals surface area contributed by atoms with Gasteiger partial charge < -0.3 is 9.80 Å². The molecule has 8 heteroatoms. The SMILES string of the molecule is N#Cc1ccc(N2CCN(c3cnn(-c4ccccc4)c(=O)c3Cl)CC2)cc1Cl. The predicted molar refractivity (Wildman–Crippen MR) is 115 cm³/mol. The normalized spacial score (nSPS) is 14.0. The molecule has 1 aromatic heterocycles. The minimum absolute atomic E-state index is 0.165. The highest BCUT2D eigenvalue weighted by Crippen LogP contribution is 2.27. The van der Waals surface area contributed by atoms with Crippen LogP contribution in [0.3, 0.4) is 0 Å².